The Bertz CT molecular complexity index is 1200. The minimum Gasteiger partial charge on any atom is -0.345 e. The first kappa shape index (κ1) is 20.4. The fourth-order valence-electron chi connectivity index (χ4n) is 3.63. The first-order valence-corrected chi connectivity index (χ1v) is 12.2. The molecule has 1 N–H and O–H groups in total. The van der Waals surface area contributed by atoms with Gasteiger partial charge >= 0.3 is 0 Å². The third-order valence-electron chi connectivity index (χ3n) is 5.07. The summed E-state index contributed by atoms with van der Waals surface area (Å²) in [5, 5.41) is 7.79. The largest absolute Gasteiger partial charge is 0.345 e. The van der Waals surface area contributed by atoms with Gasteiger partial charge in [0.15, 0.2) is 0 Å². The highest BCUT2D eigenvalue weighted by Crippen LogP contribution is 2.34. The zero-order valence-electron chi connectivity index (χ0n) is 16.8. The SMILES string of the molecule is CC[C@H](NC(=O)c1c(S(C)=O)c(-c2ccsc2)nc2ccccc12)c1ccccc1. The monoisotopic (exact) mass is 434 g/mol. The molecule has 0 aliphatic heterocycles. The molecule has 2 aromatic carbocycles. The van der Waals surface area contributed by atoms with E-state index >= 15 is 0 Å². The molecule has 4 nitrogen and oxygen atoms in total. The normalized spacial score (nSPS) is 13.1. The van der Waals surface area contributed by atoms with Crippen molar-refractivity contribution in [3.05, 3.63) is 82.6 Å². The average molecular weight is 435 g/mol. The number of nitrogens with zero attached hydrogens (tertiary/aromatic N) is 1. The highest BCUT2D eigenvalue weighted by Gasteiger charge is 2.25. The summed E-state index contributed by atoms with van der Waals surface area (Å²) in [5.41, 5.74) is 3.68. The van der Waals surface area contributed by atoms with Gasteiger partial charge in [-0.05, 0) is 29.5 Å². The molecule has 2 atom stereocenters. The number of fused-ring (bicyclic) bond motifs is 1. The molecule has 0 fully saturated rings. The Balaban J connectivity index is 1.89. The molecule has 4 rings (SSSR count). The third kappa shape index (κ3) is 3.93. The number of hydrogen-bond acceptors (Lipinski definition) is 4. The minimum absolute atomic E-state index is 0.131. The molecule has 0 spiro atoms. The van der Waals surface area contributed by atoms with Gasteiger partial charge in [-0.15, -0.1) is 0 Å². The number of rotatable bonds is 6. The van der Waals surface area contributed by atoms with Gasteiger partial charge < -0.3 is 5.32 Å². The van der Waals surface area contributed by atoms with Crippen LogP contribution in [0.4, 0.5) is 0 Å². The van der Waals surface area contributed by atoms with E-state index in [1.807, 2.05) is 78.3 Å². The van der Waals surface area contributed by atoms with E-state index in [9.17, 15) is 9.00 Å². The van der Waals surface area contributed by atoms with Crippen molar-refractivity contribution in [3.8, 4) is 11.3 Å². The summed E-state index contributed by atoms with van der Waals surface area (Å²) in [7, 11) is -1.39. The van der Waals surface area contributed by atoms with Crippen molar-refractivity contribution in [2.24, 2.45) is 0 Å². The molecule has 152 valence electrons. The lowest BCUT2D eigenvalue weighted by atomic mass is 10.0. The summed E-state index contributed by atoms with van der Waals surface area (Å²) in [4.78, 5) is 18.8. The van der Waals surface area contributed by atoms with E-state index in [-0.39, 0.29) is 11.9 Å². The maximum absolute atomic E-state index is 13.6. The van der Waals surface area contributed by atoms with Gasteiger partial charge in [0.2, 0.25) is 0 Å². The second-order valence-electron chi connectivity index (χ2n) is 6.99. The van der Waals surface area contributed by atoms with Gasteiger partial charge in [-0.3, -0.25) is 9.00 Å². The van der Waals surface area contributed by atoms with Gasteiger partial charge in [0.25, 0.3) is 5.91 Å². The Labute approximate surface area is 182 Å². The summed E-state index contributed by atoms with van der Waals surface area (Å²) < 4.78 is 12.9. The number of para-hydroxylation sites is 1. The highest BCUT2D eigenvalue weighted by molar-refractivity contribution is 7.84. The Morgan fingerprint density at radius 1 is 1.10 bits per heavy atom. The van der Waals surface area contributed by atoms with E-state index in [0.717, 1.165) is 17.5 Å². The number of hydrogen-bond donors (Lipinski definition) is 1. The number of aromatic nitrogens is 1. The highest BCUT2D eigenvalue weighted by atomic mass is 32.2. The molecule has 0 aliphatic carbocycles. The lowest BCUT2D eigenvalue weighted by Gasteiger charge is -2.20. The van der Waals surface area contributed by atoms with E-state index in [2.05, 4.69) is 5.32 Å². The zero-order chi connectivity index (χ0) is 21.1. The fraction of sp³-hybridized carbons (Fsp3) is 0.167. The molecule has 1 unspecified atom stereocenters. The summed E-state index contributed by atoms with van der Waals surface area (Å²) in [6, 6.07) is 19.3. The van der Waals surface area contributed by atoms with Gasteiger partial charge in [0.05, 0.1) is 38.5 Å². The van der Waals surface area contributed by atoms with Crippen LogP contribution in [0.15, 0.2) is 76.3 Å². The molecule has 0 saturated heterocycles. The maximum Gasteiger partial charge on any atom is 0.253 e. The Kier molecular flexibility index (Phi) is 6.06. The zero-order valence-corrected chi connectivity index (χ0v) is 18.4. The number of benzene rings is 2. The molecule has 0 bridgehead atoms. The predicted molar refractivity (Wildman–Crippen MR) is 124 cm³/mol. The number of pyridine rings is 1. The van der Waals surface area contributed by atoms with Crippen LogP contribution in [0.5, 0.6) is 0 Å². The van der Waals surface area contributed by atoms with Crippen LogP contribution in [-0.2, 0) is 10.8 Å². The Morgan fingerprint density at radius 2 is 1.83 bits per heavy atom. The van der Waals surface area contributed by atoms with Gasteiger partial charge in [0, 0.05) is 22.6 Å². The molecule has 2 heterocycles. The molecule has 0 radical (unpaired) electrons. The van der Waals surface area contributed by atoms with E-state index in [1.165, 1.54) is 0 Å². The van der Waals surface area contributed by atoms with Gasteiger partial charge in [-0.2, -0.15) is 11.3 Å². The first-order chi connectivity index (χ1) is 14.6. The van der Waals surface area contributed by atoms with E-state index in [1.54, 1.807) is 17.6 Å². The standard InChI is InChI=1S/C24H22N2O2S2/c1-3-19(16-9-5-4-6-10-16)26-24(27)21-18-11-7-8-12-20(18)25-22(23(21)30(2)28)17-13-14-29-15-17/h4-15,19H,3H2,1-2H3,(H,26,27)/t19-,30?/m0/s1. The number of carbonyl (C=O) groups is 1. The van der Waals surface area contributed by atoms with Crippen LogP contribution in [0.1, 0.15) is 35.3 Å². The van der Waals surface area contributed by atoms with Crippen LogP contribution in [-0.4, -0.2) is 21.4 Å². The van der Waals surface area contributed by atoms with Gasteiger partial charge in [0.1, 0.15) is 0 Å². The quantitative estimate of drug-likeness (QED) is 0.431. The fourth-order valence-corrected chi connectivity index (χ4v) is 5.20. The smallest absolute Gasteiger partial charge is 0.253 e. The molecular weight excluding hydrogens is 412 g/mol. The molecule has 30 heavy (non-hydrogen) atoms. The summed E-state index contributed by atoms with van der Waals surface area (Å²) >= 11 is 1.55. The van der Waals surface area contributed by atoms with Crippen molar-refractivity contribution in [1.82, 2.24) is 10.3 Å². The third-order valence-corrected chi connectivity index (χ3v) is 6.73. The Hall–Kier alpha value is -2.83. The van der Waals surface area contributed by atoms with Crippen LogP contribution in [0.2, 0.25) is 0 Å². The van der Waals surface area contributed by atoms with Crippen molar-refractivity contribution in [2.75, 3.05) is 6.26 Å². The van der Waals surface area contributed by atoms with Crippen LogP contribution >= 0.6 is 11.3 Å². The van der Waals surface area contributed by atoms with Crippen molar-refractivity contribution in [2.45, 2.75) is 24.3 Å². The average Bonchev–Trinajstić information content (AvgIpc) is 3.31. The van der Waals surface area contributed by atoms with Crippen molar-refractivity contribution in [1.29, 1.82) is 0 Å². The first-order valence-electron chi connectivity index (χ1n) is 9.74. The molecule has 0 aliphatic rings. The van der Waals surface area contributed by atoms with Crippen LogP contribution in [0.25, 0.3) is 22.2 Å². The second-order valence-corrected chi connectivity index (χ2v) is 9.09. The molecule has 0 saturated carbocycles. The number of amides is 1. The molecule has 2 aromatic heterocycles. The van der Waals surface area contributed by atoms with E-state index in [0.29, 0.717) is 27.1 Å². The van der Waals surface area contributed by atoms with Gasteiger partial charge in [-0.25, -0.2) is 4.98 Å². The molecule has 4 aromatic rings. The molecular formula is C24H22N2O2S2. The van der Waals surface area contributed by atoms with E-state index < -0.39 is 10.8 Å². The summed E-state index contributed by atoms with van der Waals surface area (Å²) in [6.45, 7) is 2.04. The summed E-state index contributed by atoms with van der Waals surface area (Å²) in [5.74, 6) is -0.231. The Morgan fingerprint density at radius 3 is 2.50 bits per heavy atom. The second kappa shape index (κ2) is 8.90. The van der Waals surface area contributed by atoms with Crippen molar-refractivity contribution < 1.29 is 9.00 Å². The lowest BCUT2D eigenvalue weighted by Crippen LogP contribution is -2.29. The number of thiophene rings is 1. The van der Waals surface area contributed by atoms with Crippen molar-refractivity contribution in [3.63, 3.8) is 0 Å². The van der Waals surface area contributed by atoms with Crippen LogP contribution in [0, 0.1) is 0 Å². The van der Waals surface area contributed by atoms with Crippen LogP contribution < -0.4 is 5.32 Å². The van der Waals surface area contributed by atoms with Gasteiger partial charge in [-0.1, -0.05) is 55.5 Å². The minimum atomic E-state index is -1.39. The predicted octanol–water partition coefficient (Wildman–Crippen LogP) is 5.58. The van der Waals surface area contributed by atoms with Crippen LogP contribution in [0.3, 0.4) is 0 Å². The van der Waals surface area contributed by atoms with Crippen molar-refractivity contribution >= 4 is 38.9 Å². The van der Waals surface area contributed by atoms with E-state index in [4.69, 9.17) is 4.98 Å². The lowest BCUT2D eigenvalue weighted by molar-refractivity contribution is 0.0934. The number of nitrogens with one attached hydrogen (secondary N) is 1. The molecule has 1 amide bonds. The molecule has 6 heteroatoms. The maximum atomic E-state index is 13.6. The summed E-state index contributed by atoms with van der Waals surface area (Å²) in [6.07, 6.45) is 2.35. The topological polar surface area (TPSA) is 59.1 Å². The number of carbonyl (C=O) groups excluding carboxylic acids is 1.